The van der Waals surface area contributed by atoms with Crippen molar-refractivity contribution in [2.45, 2.75) is 64.7 Å². The molecule has 0 aromatic heterocycles. The van der Waals surface area contributed by atoms with E-state index >= 15 is 0 Å². The molecule has 2 saturated carbocycles. The number of hydrogen-bond acceptors (Lipinski definition) is 2. The molecule has 25 heavy (non-hydrogen) atoms. The topological polar surface area (TPSA) is 18.5 Å². The predicted molar refractivity (Wildman–Crippen MR) is 95.0 cm³/mol. The molecule has 2 aliphatic rings. The molecule has 0 aliphatic heterocycles. The summed E-state index contributed by atoms with van der Waals surface area (Å²) < 4.78 is 38.6. The molecule has 3 rings (SSSR count). The van der Waals surface area contributed by atoms with E-state index in [1.165, 1.54) is 57.1 Å². The van der Waals surface area contributed by atoms with Crippen molar-refractivity contribution in [1.82, 2.24) is 0 Å². The minimum absolute atomic E-state index is 0.00430. The molecule has 0 amide bonds. The van der Waals surface area contributed by atoms with Gasteiger partial charge in [0.15, 0.2) is 11.5 Å². The molecule has 0 unspecified atom stereocenters. The second-order valence-corrected chi connectivity index (χ2v) is 7.61. The molecule has 1 aromatic rings. The Labute approximate surface area is 149 Å². The fourth-order valence-corrected chi connectivity index (χ4v) is 4.53. The molecule has 0 spiro atoms. The summed E-state index contributed by atoms with van der Waals surface area (Å²) in [7, 11) is 0. The Morgan fingerprint density at radius 1 is 0.800 bits per heavy atom. The second kappa shape index (κ2) is 8.86. The van der Waals surface area contributed by atoms with Crippen LogP contribution >= 0.6 is 0 Å². The largest absolute Gasteiger partial charge is 0.491 e. The van der Waals surface area contributed by atoms with E-state index in [1.54, 1.807) is 6.92 Å². The van der Waals surface area contributed by atoms with Gasteiger partial charge in [-0.05, 0) is 62.5 Å². The van der Waals surface area contributed by atoms with E-state index in [9.17, 15) is 8.78 Å². The fourth-order valence-electron chi connectivity index (χ4n) is 4.53. The molecular weight excluding hydrogens is 322 g/mol. The van der Waals surface area contributed by atoms with Crippen molar-refractivity contribution in [3.05, 3.63) is 23.8 Å². The van der Waals surface area contributed by atoms with Crippen LogP contribution in [0.4, 0.5) is 8.78 Å². The number of rotatable bonds is 6. The second-order valence-electron chi connectivity index (χ2n) is 7.61. The van der Waals surface area contributed by atoms with E-state index in [1.807, 2.05) is 0 Å². The molecule has 140 valence electrons. The highest BCUT2D eigenvalue weighted by Gasteiger charge is 2.29. The third kappa shape index (κ3) is 4.65. The van der Waals surface area contributed by atoms with E-state index in [4.69, 9.17) is 9.47 Å². The summed E-state index contributed by atoms with van der Waals surface area (Å²) in [6.07, 6.45) is 11.8. The van der Waals surface area contributed by atoms with E-state index in [-0.39, 0.29) is 11.5 Å². The molecule has 2 fully saturated rings. The van der Waals surface area contributed by atoms with Crippen LogP contribution in [0.15, 0.2) is 12.1 Å². The van der Waals surface area contributed by atoms with E-state index in [0.717, 1.165) is 24.7 Å². The summed E-state index contributed by atoms with van der Waals surface area (Å²) in [6, 6.07) is 2.91. The average Bonchev–Trinajstić information content (AvgIpc) is 2.66. The molecule has 0 saturated heterocycles. The molecule has 2 aliphatic carbocycles. The minimum atomic E-state index is -0.958. The highest BCUT2D eigenvalue weighted by atomic mass is 19.2. The van der Waals surface area contributed by atoms with Crippen LogP contribution in [0.3, 0.4) is 0 Å². The molecule has 0 bridgehead atoms. The lowest BCUT2D eigenvalue weighted by atomic mass is 9.71. The van der Waals surface area contributed by atoms with Crippen LogP contribution in [0, 0.1) is 29.4 Å². The van der Waals surface area contributed by atoms with E-state index < -0.39 is 11.6 Å². The summed E-state index contributed by atoms with van der Waals surface area (Å²) in [4.78, 5) is 0. The van der Waals surface area contributed by atoms with Crippen molar-refractivity contribution >= 4 is 0 Å². The normalized spacial score (nSPS) is 24.9. The van der Waals surface area contributed by atoms with Gasteiger partial charge in [-0.15, -0.1) is 0 Å². The SMILES string of the molecule is CCOc1ccc(OCC2CCC(C3CCCCC3)CC2)c(F)c1F. The van der Waals surface area contributed by atoms with Gasteiger partial charge in [0.2, 0.25) is 11.6 Å². The van der Waals surface area contributed by atoms with Gasteiger partial charge >= 0.3 is 0 Å². The van der Waals surface area contributed by atoms with Crippen molar-refractivity contribution in [1.29, 1.82) is 0 Å². The van der Waals surface area contributed by atoms with Crippen molar-refractivity contribution in [2.24, 2.45) is 17.8 Å². The highest BCUT2D eigenvalue weighted by Crippen LogP contribution is 2.40. The molecular formula is C21H30F2O2. The number of hydrogen-bond donors (Lipinski definition) is 0. The van der Waals surface area contributed by atoms with Crippen LogP contribution in [-0.2, 0) is 0 Å². The number of benzene rings is 1. The third-order valence-electron chi connectivity index (χ3n) is 5.99. The lowest BCUT2D eigenvalue weighted by Crippen LogP contribution is -2.26. The standard InChI is InChI=1S/C21H30F2O2/c1-2-24-18-12-13-19(21(23)20(18)22)25-14-15-8-10-17(11-9-15)16-6-4-3-5-7-16/h12-13,15-17H,2-11,14H2,1H3. The van der Waals surface area contributed by atoms with Gasteiger partial charge in [0.25, 0.3) is 0 Å². The lowest BCUT2D eigenvalue weighted by Gasteiger charge is -2.35. The first-order valence-corrected chi connectivity index (χ1v) is 9.92. The monoisotopic (exact) mass is 352 g/mol. The third-order valence-corrected chi connectivity index (χ3v) is 5.99. The van der Waals surface area contributed by atoms with Crippen LogP contribution in [0.5, 0.6) is 11.5 Å². The Balaban J connectivity index is 1.47. The molecule has 4 heteroatoms. The van der Waals surface area contributed by atoms with Gasteiger partial charge < -0.3 is 9.47 Å². The highest BCUT2D eigenvalue weighted by molar-refractivity contribution is 5.35. The van der Waals surface area contributed by atoms with Gasteiger partial charge in [-0.25, -0.2) is 0 Å². The van der Waals surface area contributed by atoms with Gasteiger partial charge in [-0.2, -0.15) is 8.78 Å². The van der Waals surface area contributed by atoms with E-state index in [2.05, 4.69) is 0 Å². The first-order chi connectivity index (χ1) is 12.2. The Morgan fingerprint density at radius 2 is 1.36 bits per heavy atom. The zero-order valence-electron chi connectivity index (χ0n) is 15.2. The van der Waals surface area contributed by atoms with Gasteiger partial charge in [0.05, 0.1) is 13.2 Å². The zero-order valence-corrected chi connectivity index (χ0v) is 15.2. The summed E-state index contributed by atoms with van der Waals surface area (Å²) in [6.45, 7) is 2.52. The zero-order chi connectivity index (χ0) is 17.6. The molecule has 0 radical (unpaired) electrons. The van der Waals surface area contributed by atoms with Gasteiger partial charge in [-0.3, -0.25) is 0 Å². The van der Waals surface area contributed by atoms with Gasteiger partial charge in [0.1, 0.15) is 0 Å². The quantitative estimate of drug-likeness (QED) is 0.613. The minimum Gasteiger partial charge on any atom is -0.491 e. The maximum atomic E-state index is 14.1. The first kappa shape index (κ1) is 18.5. The first-order valence-electron chi connectivity index (χ1n) is 9.92. The fraction of sp³-hybridized carbons (Fsp3) is 0.714. The maximum Gasteiger partial charge on any atom is 0.204 e. The lowest BCUT2D eigenvalue weighted by molar-refractivity contribution is 0.133. The summed E-state index contributed by atoms with van der Waals surface area (Å²) in [5.74, 6) is 0.288. The summed E-state index contributed by atoms with van der Waals surface area (Å²) >= 11 is 0. The molecule has 0 atom stereocenters. The Hall–Kier alpha value is -1.32. The van der Waals surface area contributed by atoms with Crippen molar-refractivity contribution < 1.29 is 18.3 Å². The Bertz CT molecular complexity index is 547. The van der Waals surface area contributed by atoms with Crippen molar-refractivity contribution in [2.75, 3.05) is 13.2 Å². The maximum absolute atomic E-state index is 14.1. The van der Waals surface area contributed by atoms with Crippen molar-refractivity contribution in [3.8, 4) is 11.5 Å². The number of ether oxygens (including phenoxy) is 2. The predicted octanol–water partition coefficient (Wildman–Crippen LogP) is 6.13. The average molecular weight is 352 g/mol. The smallest absolute Gasteiger partial charge is 0.204 e. The van der Waals surface area contributed by atoms with Crippen LogP contribution in [0.2, 0.25) is 0 Å². The molecule has 0 N–H and O–H groups in total. The summed E-state index contributed by atoms with van der Waals surface area (Å²) in [5, 5.41) is 0. The van der Waals surface area contributed by atoms with E-state index in [0.29, 0.717) is 19.1 Å². The van der Waals surface area contributed by atoms with Gasteiger partial charge in [-0.1, -0.05) is 32.1 Å². The summed E-state index contributed by atoms with van der Waals surface area (Å²) in [5.41, 5.74) is 0. The van der Waals surface area contributed by atoms with Crippen LogP contribution in [0.1, 0.15) is 64.7 Å². The Kier molecular flexibility index (Phi) is 6.55. The van der Waals surface area contributed by atoms with Crippen LogP contribution in [0.25, 0.3) is 0 Å². The Morgan fingerprint density at radius 3 is 1.96 bits per heavy atom. The van der Waals surface area contributed by atoms with Crippen LogP contribution < -0.4 is 9.47 Å². The van der Waals surface area contributed by atoms with Crippen molar-refractivity contribution in [3.63, 3.8) is 0 Å². The number of halogens is 2. The molecule has 2 nitrogen and oxygen atoms in total. The van der Waals surface area contributed by atoms with Gasteiger partial charge in [0, 0.05) is 0 Å². The molecule has 1 aromatic carbocycles. The molecule has 0 heterocycles. The van der Waals surface area contributed by atoms with Crippen LogP contribution in [-0.4, -0.2) is 13.2 Å².